The SMILES string of the molecule is Cc1cccc(C23CCC(CC2)C3)c1C. The first-order chi connectivity index (χ1) is 7.21. The molecular weight excluding hydrogens is 180 g/mol. The molecule has 0 amide bonds. The van der Waals surface area contributed by atoms with Crippen molar-refractivity contribution in [2.45, 2.75) is 51.4 Å². The molecule has 80 valence electrons. The van der Waals surface area contributed by atoms with Crippen molar-refractivity contribution in [3.8, 4) is 0 Å². The number of aryl methyl sites for hydroxylation is 1. The van der Waals surface area contributed by atoms with Gasteiger partial charge in [0.05, 0.1) is 0 Å². The van der Waals surface area contributed by atoms with Gasteiger partial charge in [0, 0.05) is 0 Å². The van der Waals surface area contributed by atoms with Crippen LogP contribution in [0.15, 0.2) is 18.2 Å². The molecule has 2 bridgehead atoms. The van der Waals surface area contributed by atoms with Crippen LogP contribution in [0.2, 0.25) is 0 Å². The third-order valence-corrected chi connectivity index (χ3v) is 4.92. The first-order valence-electron chi connectivity index (χ1n) is 6.28. The average Bonchev–Trinajstić information content (AvgIpc) is 2.83. The van der Waals surface area contributed by atoms with Crippen LogP contribution < -0.4 is 0 Å². The second-order valence-corrected chi connectivity index (χ2v) is 5.68. The van der Waals surface area contributed by atoms with E-state index in [1.165, 1.54) is 37.7 Å². The predicted octanol–water partition coefficient (Wildman–Crippen LogP) is 4.14. The number of benzene rings is 1. The minimum atomic E-state index is 0.584. The summed E-state index contributed by atoms with van der Waals surface area (Å²) in [4.78, 5) is 0. The maximum Gasteiger partial charge on any atom is -0.00414 e. The standard InChI is InChI=1S/C15H20/c1-11-4-3-5-14(12(11)2)15-8-6-13(10-15)7-9-15/h3-5,13H,6-10H2,1-2H3. The maximum atomic E-state index is 2.38. The fourth-order valence-corrected chi connectivity index (χ4v) is 3.90. The molecule has 2 saturated carbocycles. The van der Waals surface area contributed by atoms with Crippen molar-refractivity contribution in [2.24, 2.45) is 5.92 Å². The van der Waals surface area contributed by atoms with Crippen molar-refractivity contribution in [3.63, 3.8) is 0 Å². The second kappa shape index (κ2) is 3.10. The van der Waals surface area contributed by atoms with Gasteiger partial charge in [-0.05, 0) is 74.0 Å². The molecular formula is C15H20. The van der Waals surface area contributed by atoms with Crippen molar-refractivity contribution in [1.82, 2.24) is 0 Å². The van der Waals surface area contributed by atoms with Crippen molar-refractivity contribution in [1.29, 1.82) is 0 Å². The summed E-state index contributed by atoms with van der Waals surface area (Å²) in [6.07, 6.45) is 7.32. The third-order valence-electron chi connectivity index (χ3n) is 4.92. The highest BCUT2D eigenvalue weighted by Gasteiger charge is 2.46. The lowest BCUT2D eigenvalue weighted by Gasteiger charge is -2.29. The number of fused-ring (bicyclic) bond motifs is 2. The summed E-state index contributed by atoms with van der Waals surface area (Å²) in [7, 11) is 0. The molecule has 15 heavy (non-hydrogen) atoms. The van der Waals surface area contributed by atoms with E-state index in [-0.39, 0.29) is 0 Å². The summed E-state index contributed by atoms with van der Waals surface area (Å²) in [6.45, 7) is 4.56. The van der Waals surface area contributed by atoms with Gasteiger partial charge in [-0.2, -0.15) is 0 Å². The summed E-state index contributed by atoms with van der Waals surface area (Å²) < 4.78 is 0. The molecule has 0 heterocycles. The Labute approximate surface area is 92.7 Å². The number of hydrogen-bond donors (Lipinski definition) is 0. The Morgan fingerprint density at radius 3 is 2.47 bits per heavy atom. The largest absolute Gasteiger partial charge is 0.0617 e. The first kappa shape index (κ1) is 9.45. The van der Waals surface area contributed by atoms with Crippen LogP contribution in [0.1, 0.15) is 48.8 Å². The normalized spacial score (nSPS) is 33.6. The Morgan fingerprint density at radius 2 is 1.87 bits per heavy atom. The number of hydrogen-bond acceptors (Lipinski definition) is 0. The quantitative estimate of drug-likeness (QED) is 0.639. The van der Waals surface area contributed by atoms with Gasteiger partial charge in [-0.25, -0.2) is 0 Å². The van der Waals surface area contributed by atoms with Crippen LogP contribution >= 0.6 is 0 Å². The molecule has 0 unspecified atom stereocenters. The van der Waals surface area contributed by atoms with Gasteiger partial charge in [0.1, 0.15) is 0 Å². The van der Waals surface area contributed by atoms with Gasteiger partial charge >= 0.3 is 0 Å². The summed E-state index contributed by atoms with van der Waals surface area (Å²) in [6, 6.07) is 6.88. The highest BCUT2D eigenvalue weighted by Crippen LogP contribution is 2.56. The average molecular weight is 200 g/mol. The van der Waals surface area contributed by atoms with Gasteiger partial charge < -0.3 is 0 Å². The lowest BCUT2D eigenvalue weighted by molar-refractivity contribution is 0.417. The summed E-state index contributed by atoms with van der Waals surface area (Å²) in [5.41, 5.74) is 5.28. The second-order valence-electron chi connectivity index (χ2n) is 5.68. The lowest BCUT2D eigenvalue weighted by Crippen LogP contribution is -2.21. The van der Waals surface area contributed by atoms with Crippen LogP contribution in [0, 0.1) is 19.8 Å². The zero-order valence-corrected chi connectivity index (χ0v) is 9.84. The fraction of sp³-hybridized carbons (Fsp3) is 0.600. The molecule has 2 aliphatic carbocycles. The molecule has 0 N–H and O–H groups in total. The summed E-state index contributed by atoms with van der Waals surface area (Å²) >= 11 is 0. The van der Waals surface area contributed by atoms with E-state index in [2.05, 4.69) is 32.0 Å². The van der Waals surface area contributed by atoms with Crippen molar-refractivity contribution >= 4 is 0 Å². The smallest absolute Gasteiger partial charge is 0.00414 e. The molecule has 0 aliphatic heterocycles. The van der Waals surface area contributed by atoms with Gasteiger partial charge in [-0.15, -0.1) is 0 Å². The minimum absolute atomic E-state index is 0.584. The molecule has 0 radical (unpaired) electrons. The van der Waals surface area contributed by atoms with Crippen LogP contribution in [-0.2, 0) is 5.41 Å². The van der Waals surface area contributed by atoms with E-state index in [1.54, 1.807) is 11.1 Å². The van der Waals surface area contributed by atoms with Gasteiger partial charge in [-0.1, -0.05) is 18.2 Å². The molecule has 1 aromatic rings. The third kappa shape index (κ3) is 1.27. The Balaban J connectivity index is 2.09. The zero-order chi connectivity index (χ0) is 10.5. The molecule has 3 rings (SSSR count). The van der Waals surface area contributed by atoms with Crippen molar-refractivity contribution < 1.29 is 0 Å². The lowest BCUT2D eigenvalue weighted by atomic mass is 9.75. The van der Waals surface area contributed by atoms with E-state index in [4.69, 9.17) is 0 Å². The molecule has 2 aliphatic rings. The Kier molecular flexibility index (Phi) is 1.95. The van der Waals surface area contributed by atoms with E-state index in [0.717, 1.165) is 5.92 Å². The summed E-state index contributed by atoms with van der Waals surface area (Å²) in [5, 5.41) is 0. The van der Waals surface area contributed by atoms with E-state index < -0.39 is 0 Å². The minimum Gasteiger partial charge on any atom is -0.0617 e. The maximum absolute atomic E-state index is 2.38. The van der Waals surface area contributed by atoms with Gasteiger partial charge in [0.25, 0.3) is 0 Å². The monoisotopic (exact) mass is 200 g/mol. The fourth-order valence-electron chi connectivity index (χ4n) is 3.90. The summed E-state index contributed by atoms with van der Waals surface area (Å²) in [5.74, 6) is 1.05. The molecule has 0 atom stereocenters. The van der Waals surface area contributed by atoms with Crippen LogP contribution in [0.3, 0.4) is 0 Å². The Hall–Kier alpha value is -0.780. The molecule has 2 fully saturated rings. The van der Waals surface area contributed by atoms with E-state index in [0.29, 0.717) is 5.41 Å². The van der Waals surface area contributed by atoms with Crippen molar-refractivity contribution in [3.05, 3.63) is 34.9 Å². The topological polar surface area (TPSA) is 0 Å². The highest BCUT2D eigenvalue weighted by molar-refractivity contribution is 5.40. The van der Waals surface area contributed by atoms with E-state index in [1.807, 2.05) is 0 Å². The Morgan fingerprint density at radius 1 is 1.13 bits per heavy atom. The van der Waals surface area contributed by atoms with Crippen LogP contribution in [0.25, 0.3) is 0 Å². The molecule has 0 saturated heterocycles. The highest BCUT2D eigenvalue weighted by atomic mass is 14.5. The Bertz CT molecular complexity index is 381. The van der Waals surface area contributed by atoms with Crippen molar-refractivity contribution in [2.75, 3.05) is 0 Å². The molecule has 0 nitrogen and oxygen atoms in total. The molecule has 1 aromatic carbocycles. The van der Waals surface area contributed by atoms with Crippen LogP contribution in [-0.4, -0.2) is 0 Å². The van der Waals surface area contributed by atoms with Gasteiger partial charge in [0.15, 0.2) is 0 Å². The van der Waals surface area contributed by atoms with E-state index >= 15 is 0 Å². The van der Waals surface area contributed by atoms with E-state index in [9.17, 15) is 0 Å². The number of rotatable bonds is 1. The van der Waals surface area contributed by atoms with Gasteiger partial charge in [-0.3, -0.25) is 0 Å². The first-order valence-corrected chi connectivity index (χ1v) is 6.28. The molecule has 0 heteroatoms. The molecule has 0 spiro atoms. The zero-order valence-electron chi connectivity index (χ0n) is 9.84. The van der Waals surface area contributed by atoms with Crippen LogP contribution in [0.4, 0.5) is 0 Å². The van der Waals surface area contributed by atoms with Gasteiger partial charge in [0.2, 0.25) is 0 Å². The molecule has 0 aromatic heterocycles. The van der Waals surface area contributed by atoms with Crippen LogP contribution in [0.5, 0.6) is 0 Å². The predicted molar refractivity (Wildman–Crippen MR) is 64.2 cm³/mol.